The van der Waals surface area contributed by atoms with Gasteiger partial charge in [0, 0.05) is 19.8 Å². The lowest BCUT2D eigenvalue weighted by Crippen LogP contribution is -2.26. The molecule has 0 aliphatic carbocycles. The molecule has 0 saturated heterocycles. The molecule has 3 nitrogen and oxygen atoms in total. The van der Waals surface area contributed by atoms with Crippen molar-refractivity contribution in [3.8, 4) is 0 Å². The molecule has 0 unspecified atom stereocenters. The summed E-state index contributed by atoms with van der Waals surface area (Å²) >= 11 is 0. The average molecular weight is 844 g/mol. The Kier molecular flexibility index (Phi) is 55.3. The third-order valence-corrected chi connectivity index (χ3v) is 12.2. The van der Waals surface area contributed by atoms with Crippen molar-refractivity contribution in [2.75, 3.05) is 33.0 Å². The summed E-state index contributed by atoms with van der Waals surface area (Å²) < 4.78 is 18.7. The normalized spacial score (nSPS) is 12.2. The molecule has 0 rings (SSSR count). The molecule has 0 N–H and O–H groups in total. The molecule has 0 aliphatic rings. The summed E-state index contributed by atoms with van der Waals surface area (Å²) in [6, 6.07) is 0. The van der Waals surface area contributed by atoms with Gasteiger partial charge in [0.1, 0.15) is 6.10 Å². The number of hydrogen-bond donors (Lipinski definition) is 0. The van der Waals surface area contributed by atoms with Gasteiger partial charge in [0.2, 0.25) is 0 Å². The summed E-state index contributed by atoms with van der Waals surface area (Å²) in [5.74, 6) is 0. The van der Waals surface area contributed by atoms with Crippen LogP contribution >= 0.6 is 0 Å². The van der Waals surface area contributed by atoms with Crippen molar-refractivity contribution in [3.05, 3.63) is 36.5 Å². The maximum atomic E-state index is 6.36. The fourth-order valence-electron chi connectivity index (χ4n) is 8.08. The highest BCUT2D eigenvalue weighted by Gasteiger charge is 2.10. The van der Waals surface area contributed by atoms with Crippen LogP contribution in [-0.2, 0) is 14.2 Å². The van der Waals surface area contributed by atoms with Crippen molar-refractivity contribution in [3.63, 3.8) is 0 Å². The van der Waals surface area contributed by atoms with Gasteiger partial charge >= 0.3 is 0 Å². The minimum absolute atomic E-state index is 0.0661. The topological polar surface area (TPSA) is 27.7 Å². The second kappa shape index (κ2) is 56.1. The first kappa shape index (κ1) is 59.1. The molecule has 3 heteroatoms. The Morgan fingerprint density at radius 1 is 0.250 bits per heavy atom. The van der Waals surface area contributed by atoms with Gasteiger partial charge in [-0.25, -0.2) is 0 Å². The first-order valence-corrected chi connectivity index (χ1v) is 27.6. The molecule has 0 heterocycles. The summed E-state index contributed by atoms with van der Waals surface area (Å²) in [4.78, 5) is 0. The number of ether oxygens (including phenoxy) is 3. The molecule has 0 aliphatic heterocycles. The molecule has 0 fully saturated rings. The van der Waals surface area contributed by atoms with E-state index in [1.165, 1.54) is 250 Å². The minimum Gasteiger partial charge on any atom is -0.379 e. The van der Waals surface area contributed by atoms with Gasteiger partial charge in [-0.3, -0.25) is 0 Å². The van der Waals surface area contributed by atoms with E-state index in [0.717, 1.165) is 39.1 Å². The highest BCUT2D eigenvalue weighted by atomic mass is 16.6. The zero-order chi connectivity index (χ0) is 43.2. The number of unbranched alkanes of at least 4 members (excludes halogenated alkanes) is 36. The highest BCUT2D eigenvalue weighted by Crippen LogP contribution is 2.14. The Hall–Kier alpha value is -0.900. The van der Waals surface area contributed by atoms with E-state index in [0.29, 0.717) is 13.2 Å². The minimum atomic E-state index is 0.0661. The Bertz CT molecular complexity index is 787. The third-order valence-electron chi connectivity index (χ3n) is 12.2. The van der Waals surface area contributed by atoms with Crippen LogP contribution in [0.15, 0.2) is 36.5 Å². The van der Waals surface area contributed by atoms with Gasteiger partial charge < -0.3 is 14.2 Å². The molecule has 0 aromatic heterocycles. The molecule has 0 saturated carbocycles. The van der Waals surface area contributed by atoms with Gasteiger partial charge in [0.15, 0.2) is 0 Å². The lowest BCUT2D eigenvalue weighted by molar-refractivity contribution is -0.0616. The van der Waals surface area contributed by atoms with Crippen molar-refractivity contribution < 1.29 is 14.2 Å². The van der Waals surface area contributed by atoms with Crippen molar-refractivity contribution in [2.24, 2.45) is 0 Å². The van der Waals surface area contributed by atoms with Crippen LogP contribution in [0.5, 0.6) is 0 Å². The molecule has 60 heavy (non-hydrogen) atoms. The summed E-state index contributed by atoms with van der Waals surface area (Å²) in [5, 5.41) is 0. The second-order valence-electron chi connectivity index (χ2n) is 18.5. The fraction of sp³-hybridized carbons (Fsp3) is 0.895. The summed E-state index contributed by atoms with van der Waals surface area (Å²) in [7, 11) is 0. The van der Waals surface area contributed by atoms with Crippen LogP contribution in [0.1, 0.15) is 290 Å². The first-order valence-electron chi connectivity index (χ1n) is 27.6. The zero-order valence-corrected chi connectivity index (χ0v) is 41.5. The maximum absolute atomic E-state index is 6.36. The van der Waals surface area contributed by atoms with Gasteiger partial charge in [-0.2, -0.15) is 0 Å². The van der Waals surface area contributed by atoms with E-state index in [4.69, 9.17) is 14.2 Å². The van der Waals surface area contributed by atoms with E-state index >= 15 is 0 Å². The van der Waals surface area contributed by atoms with Crippen LogP contribution in [0, 0.1) is 0 Å². The molecule has 0 spiro atoms. The van der Waals surface area contributed by atoms with Gasteiger partial charge in [-0.05, 0) is 96.3 Å². The lowest BCUT2D eigenvalue weighted by Gasteiger charge is -2.18. The fourth-order valence-corrected chi connectivity index (χ4v) is 8.08. The number of allylic oxidation sites excluding steroid dienone is 6. The van der Waals surface area contributed by atoms with E-state index in [9.17, 15) is 0 Å². The van der Waals surface area contributed by atoms with E-state index in [2.05, 4.69) is 57.2 Å². The van der Waals surface area contributed by atoms with Gasteiger partial charge in [-0.1, -0.05) is 231 Å². The van der Waals surface area contributed by atoms with Crippen LogP contribution in [0.2, 0.25) is 0 Å². The van der Waals surface area contributed by atoms with Gasteiger partial charge in [0.05, 0.1) is 13.2 Å². The predicted molar refractivity (Wildman–Crippen MR) is 270 cm³/mol. The summed E-state index contributed by atoms with van der Waals surface area (Å²) in [5.41, 5.74) is 0. The first-order chi connectivity index (χ1) is 29.8. The van der Waals surface area contributed by atoms with Crippen LogP contribution < -0.4 is 0 Å². The van der Waals surface area contributed by atoms with E-state index in [1.807, 2.05) is 0 Å². The van der Waals surface area contributed by atoms with Crippen molar-refractivity contribution in [2.45, 2.75) is 297 Å². The number of hydrogen-bond acceptors (Lipinski definition) is 3. The molecule has 0 atom stereocenters. The van der Waals surface area contributed by atoms with Crippen molar-refractivity contribution >= 4 is 0 Å². The summed E-state index contributed by atoms with van der Waals surface area (Å²) in [6.45, 7) is 10.8. The largest absolute Gasteiger partial charge is 0.379 e. The Morgan fingerprint density at radius 3 is 0.733 bits per heavy atom. The molecule has 0 aromatic rings. The molecule has 0 aromatic carbocycles. The van der Waals surface area contributed by atoms with E-state index in [1.54, 1.807) is 0 Å². The monoisotopic (exact) mass is 843 g/mol. The number of rotatable bonds is 53. The maximum Gasteiger partial charge on any atom is 0.104 e. The van der Waals surface area contributed by atoms with Gasteiger partial charge in [0.25, 0.3) is 0 Å². The Labute approximate surface area is 378 Å². The van der Waals surface area contributed by atoms with Crippen LogP contribution in [0.4, 0.5) is 0 Å². The molecular formula is C57H110O3. The highest BCUT2D eigenvalue weighted by molar-refractivity contribution is 4.82. The standard InChI is InChI=1S/C57H110O3/c1-4-7-10-13-16-19-22-25-28-31-34-37-40-43-46-49-52-58-55-57(60-54-51-48-45-42-39-36-33-30-27-24-21-18-15-12-9-6-3)56-59-53-50-47-44-41-38-35-32-29-26-23-20-17-14-11-8-5-2/h25-30,57H,4-24,31-56H2,1-3H3/b28-25-,29-26-,30-27-. The van der Waals surface area contributed by atoms with Crippen LogP contribution in [0.3, 0.4) is 0 Å². The lowest BCUT2D eigenvalue weighted by atomic mass is 10.1. The van der Waals surface area contributed by atoms with Gasteiger partial charge in [-0.15, -0.1) is 0 Å². The molecule has 356 valence electrons. The second-order valence-corrected chi connectivity index (χ2v) is 18.5. The van der Waals surface area contributed by atoms with Crippen LogP contribution in [0.25, 0.3) is 0 Å². The third kappa shape index (κ3) is 53.2. The molecule has 0 bridgehead atoms. The van der Waals surface area contributed by atoms with Crippen LogP contribution in [-0.4, -0.2) is 39.1 Å². The molecule has 0 radical (unpaired) electrons. The van der Waals surface area contributed by atoms with E-state index < -0.39 is 0 Å². The molecule has 0 amide bonds. The molecular weight excluding hydrogens is 733 g/mol. The van der Waals surface area contributed by atoms with E-state index in [-0.39, 0.29) is 6.10 Å². The zero-order valence-electron chi connectivity index (χ0n) is 41.5. The van der Waals surface area contributed by atoms with Crippen molar-refractivity contribution in [1.82, 2.24) is 0 Å². The summed E-state index contributed by atoms with van der Waals surface area (Å²) in [6.07, 6.45) is 70.9. The average Bonchev–Trinajstić information content (AvgIpc) is 3.26. The van der Waals surface area contributed by atoms with Crippen molar-refractivity contribution in [1.29, 1.82) is 0 Å². The Balaban J connectivity index is 4.05. The smallest absolute Gasteiger partial charge is 0.104 e. The SMILES string of the molecule is CCCCCCCC/C=C\CCCCCCCCOCC(COCCCCCCCC/C=C\CCCCCCCC)OCCCCCCCC/C=C\CCCCCCCC. The predicted octanol–water partition coefficient (Wildman–Crippen LogP) is 19.5. The Morgan fingerprint density at radius 2 is 0.467 bits per heavy atom. The quantitative estimate of drug-likeness (QED) is 0.0451.